The topological polar surface area (TPSA) is 78.4 Å². The number of esters is 1. The molecular formula is C19H19FN2O4. The van der Waals surface area contributed by atoms with E-state index in [0.717, 1.165) is 12.8 Å². The van der Waals surface area contributed by atoms with Gasteiger partial charge in [-0.25, -0.2) is 14.4 Å². The lowest BCUT2D eigenvalue weighted by molar-refractivity contribution is -0.145. The first-order chi connectivity index (χ1) is 12.6. The monoisotopic (exact) mass is 358 g/mol. The molecule has 1 aromatic heterocycles. The summed E-state index contributed by atoms with van der Waals surface area (Å²) in [6, 6.07) is 4.57. The van der Waals surface area contributed by atoms with Crippen LogP contribution in [0.3, 0.4) is 0 Å². The largest absolute Gasteiger partial charge is 0.466 e. The summed E-state index contributed by atoms with van der Waals surface area (Å²) in [5.74, 6) is -0.484. The molecule has 1 aliphatic carbocycles. The fraction of sp³-hybridized carbons (Fsp3) is 0.368. The van der Waals surface area contributed by atoms with Gasteiger partial charge in [0.05, 0.1) is 12.2 Å². The number of aromatic nitrogens is 2. The van der Waals surface area contributed by atoms with Gasteiger partial charge in [0.2, 0.25) is 0 Å². The maximum Gasteiger partial charge on any atom is 0.316 e. The summed E-state index contributed by atoms with van der Waals surface area (Å²) in [6.45, 7) is 2.18. The third kappa shape index (κ3) is 4.22. The number of aldehydes is 1. The van der Waals surface area contributed by atoms with Gasteiger partial charge in [0.15, 0.2) is 6.29 Å². The summed E-state index contributed by atoms with van der Waals surface area (Å²) in [6.07, 6.45) is 5.50. The van der Waals surface area contributed by atoms with E-state index in [-0.39, 0.29) is 29.6 Å². The number of halogens is 1. The second-order valence-electron chi connectivity index (χ2n) is 6.19. The maximum atomic E-state index is 13.7. The molecular weight excluding hydrogens is 339 g/mol. The Morgan fingerprint density at radius 3 is 2.62 bits per heavy atom. The first-order valence-corrected chi connectivity index (χ1v) is 8.48. The van der Waals surface area contributed by atoms with Gasteiger partial charge in [-0.05, 0) is 43.4 Å². The third-order valence-electron chi connectivity index (χ3n) is 4.31. The fourth-order valence-electron chi connectivity index (χ4n) is 2.87. The zero-order chi connectivity index (χ0) is 18.5. The second-order valence-corrected chi connectivity index (χ2v) is 6.19. The molecule has 0 aliphatic heterocycles. The Balaban J connectivity index is 1.54. The third-order valence-corrected chi connectivity index (χ3v) is 4.31. The number of ether oxygens (including phenoxy) is 2. The van der Waals surface area contributed by atoms with E-state index >= 15 is 0 Å². The Labute approximate surface area is 150 Å². The Morgan fingerprint density at radius 1 is 1.27 bits per heavy atom. The van der Waals surface area contributed by atoms with Crippen molar-refractivity contribution in [2.24, 2.45) is 5.92 Å². The van der Waals surface area contributed by atoms with Crippen LogP contribution in [-0.2, 0) is 9.53 Å². The molecule has 0 N–H and O–H groups in total. The zero-order valence-corrected chi connectivity index (χ0v) is 14.4. The first kappa shape index (κ1) is 18.0. The van der Waals surface area contributed by atoms with Crippen LogP contribution in [-0.4, -0.2) is 34.9 Å². The molecule has 7 heteroatoms. The van der Waals surface area contributed by atoms with Gasteiger partial charge < -0.3 is 9.47 Å². The Morgan fingerprint density at radius 2 is 2.00 bits per heavy atom. The van der Waals surface area contributed by atoms with Crippen LogP contribution < -0.4 is 4.74 Å². The van der Waals surface area contributed by atoms with Crippen LogP contribution in [0, 0.1) is 11.7 Å². The minimum atomic E-state index is -0.583. The predicted octanol–water partition coefficient (Wildman–Crippen LogP) is 3.21. The molecule has 3 rings (SSSR count). The van der Waals surface area contributed by atoms with Crippen molar-refractivity contribution in [3.05, 3.63) is 42.0 Å². The predicted molar refractivity (Wildman–Crippen MR) is 91.2 cm³/mol. The van der Waals surface area contributed by atoms with Crippen molar-refractivity contribution < 1.29 is 23.5 Å². The zero-order valence-electron chi connectivity index (χ0n) is 14.4. The maximum absolute atomic E-state index is 13.7. The molecule has 136 valence electrons. The average Bonchev–Trinajstić information content (AvgIpc) is 2.60. The standard InChI is InChI=1S/C19H19FN2O4/c1-2-25-18(24)7-12-5-16(6-12)26-19-21-9-15(10-22-19)13-3-4-14(11-23)17(20)8-13/h3-4,8-12,16H,2,5-7H2,1H3/t12-,16+. The van der Waals surface area contributed by atoms with Crippen LogP contribution in [0.1, 0.15) is 36.5 Å². The lowest BCUT2D eigenvalue weighted by atomic mass is 9.80. The van der Waals surface area contributed by atoms with E-state index in [2.05, 4.69) is 9.97 Å². The number of carbonyl (C=O) groups excluding carboxylic acids is 2. The summed E-state index contributed by atoms with van der Waals surface area (Å²) >= 11 is 0. The van der Waals surface area contributed by atoms with Crippen LogP contribution in [0.15, 0.2) is 30.6 Å². The molecule has 26 heavy (non-hydrogen) atoms. The number of benzene rings is 1. The number of hydrogen-bond acceptors (Lipinski definition) is 6. The normalized spacial score (nSPS) is 18.7. The van der Waals surface area contributed by atoms with E-state index in [1.165, 1.54) is 12.1 Å². The molecule has 0 saturated heterocycles. The highest BCUT2D eigenvalue weighted by molar-refractivity contribution is 5.77. The van der Waals surface area contributed by atoms with Gasteiger partial charge in [0.25, 0.3) is 0 Å². The number of nitrogens with zero attached hydrogens (tertiary/aromatic N) is 2. The van der Waals surface area contributed by atoms with Crippen LogP contribution in [0.5, 0.6) is 6.01 Å². The van der Waals surface area contributed by atoms with E-state index in [1.807, 2.05) is 0 Å². The molecule has 0 atom stereocenters. The quantitative estimate of drug-likeness (QED) is 0.559. The van der Waals surface area contributed by atoms with Crippen molar-refractivity contribution >= 4 is 12.3 Å². The lowest BCUT2D eigenvalue weighted by Crippen LogP contribution is -2.35. The van der Waals surface area contributed by atoms with Gasteiger partial charge in [0, 0.05) is 24.4 Å². The van der Waals surface area contributed by atoms with Gasteiger partial charge in [-0.15, -0.1) is 0 Å². The molecule has 2 aromatic rings. The molecule has 1 fully saturated rings. The highest BCUT2D eigenvalue weighted by Crippen LogP contribution is 2.33. The molecule has 1 saturated carbocycles. The summed E-state index contributed by atoms with van der Waals surface area (Å²) in [5.41, 5.74) is 1.22. The van der Waals surface area contributed by atoms with Gasteiger partial charge in [-0.1, -0.05) is 6.07 Å². The molecule has 0 spiro atoms. The highest BCUT2D eigenvalue weighted by atomic mass is 19.1. The van der Waals surface area contributed by atoms with E-state index < -0.39 is 5.82 Å². The van der Waals surface area contributed by atoms with Crippen molar-refractivity contribution in [2.45, 2.75) is 32.3 Å². The molecule has 0 unspecified atom stereocenters. The molecule has 0 bridgehead atoms. The SMILES string of the molecule is CCOC(=O)C[C@H]1C[C@@H](Oc2ncc(-c3ccc(C=O)c(F)c3)cn2)C1. The Bertz CT molecular complexity index is 789. The molecule has 1 heterocycles. The summed E-state index contributed by atoms with van der Waals surface area (Å²) < 4.78 is 24.3. The summed E-state index contributed by atoms with van der Waals surface area (Å²) in [7, 11) is 0. The number of rotatable bonds is 7. The van der Waals surface area contributed by atoms with Crippen LogP contribution >= 0.6 is 0 Å². The first-order valence-electron chi connectivity index (χ1n) is 8.48. The molecule has 0 radical (unpaired) electrons. The minimum absolute atomic E-state index is 0.00963. The molecule has 1 aromatic carbocycles. The van der Waals surface area contributed by atoms with Crippen molar-refractivity contribution in [3.8, 4) is 17.1 Å². The van der Waals surface area contributed by atoms with Crippen LogP contribution in [0.25, 0.3) is 11.1 Å². The summed E-state index contributed by atoms with van der Waals surface area (Å²) in [5, 5.41) is 0. The van der Waals surface area contributed by atoms with Crippen molar-refractivity contribution in [1.82, 2.24) is 9.97 Å². The Hall–Kier alpha value is -2.83. The van der Waals surface area contributed by atoms with Crippen molar-refractivity contribution in [2.75, 3.05) is 6.61 Å². The van der Waals surface area contributed by atoms with Gasteiger partial charge >= 0.3 is 12.0 Å². The number of carbonyl (C=O) groups is 2. The van der Waals surface area contributed by atoms with E-state index in [9.17, 15) is 14.0 Å². The molecule has 6 nitrogen and oxygen atoms in total. The minimum Gasteiger partial charge on any atom is -0.466 e. The number of hydrogen-bond donors (Lipinski definition) is 0. The van der Waals surface area contributed by atoms with Crippen molar-refractivity contribution in [1.29, 1.82) is 0 Å². The molecule has 1 aliphatic rings. The highest BCUT2D eigenvalue weighted by Gasteiger charge is 2.33. The van der Waals surface area contributed by atoms with E-state index in [0.29, 0.717) is 30.4 Å². The Kier molecular flexibility index (Phi) is 5.55. The fourth-order valence-corrected chi connectivity index (χ4v) is 2.87. The van der Waals surface area contributed by atoms with Crippen molar-refractivity contribution in [3.63, 3.8) is 0 Å². The average molecular weight is 358 g/mol. The lowest BCUT2D eigenvalue weighted by Gasteiger charge is -2.33. The van der Waals surface area contributed by atoms with Gasteiger partial charge in [-0.2, -0.15) is 0 Å². The van der Waals surface area contributed by atoms with Crippen LogP contribution in [0.2, 0.25) is 0 Å². The van der Waals surface area contributed by atoms with Crippen LogP contribution in [0.4, 0.5) is 4.39 Å². The van der Waals surface area contributed by atoms with Gasteiger partial charge in [-0.3, -0.25) is 9.59 Å². The summed E-state index contributed by atoms with van der Waals surface area (Å²) in [4.78, 5) is 30.4. The van der Waals surface area contributed by atoms with E-state index in [1.54, 1.807) is 25.4 Å². The van der Waals surface area contributed by atoms with E-state index in [4.69, 9.17) is 9.47 Å². The smallest absolute Gasteiger partial charge is 0.316 e. The van der Waals surface area contributed by atoms with Gasteiger partial charge in [0.1, 0.15) is 11.9 Å². The molecule has 0 amide bonds. The second kappa shape index (κ2) is 8.03.